The van der Waals surface area contributed by atoms with Crippen LogP contribution in [0, 0.1) is 0 Å². The molecule has 0 amide bonds. The second-order valence-electron chi connectivity index (χ2n) is 7.10. The first-order valence-electron chi connectivity index (χ1n) is 10.8. The van der Waals surface area contributed by atoms with Crippen LogP contribution in [-0.4, -0.2) is 32.9 Å². The fourth-order valence-electron chi connectivity index (χ4n) is 3.24. The molecule has 11 heteroatoms. The van der Waals surface area contributed by atoms with Gasteiger partial charge in [0.1, 0.15) is 15.1 Å². The molecular weight excluding hydrogens is 517 g/mol. The first-order chi connectivity index (χ1) is 17.4. The van der Waals surface area contributed by atoms with E-state index in [4.69, 9.17) is 0 Å². The van der Waals surface area contributed by atoms with Crippen molar-refractivity contribution >= 4 is 33.3 Å². The van der Waals surface area contributed by atoms with Crippen LogP contribution >= 0.6 is 11.8 Å². The molecule has 0 radical (unpaired) electrons. The van der Waals surface area contributed by atoms with Gasteiger partial charge in [-0.1, -0.05) is 48.2 Å². The molecule has 1 aliphatic rings. The van der Waals surface area contributed by atoms with Crippen LogP contribution in [0.1, 0.15) is 13.8 Å². The zero-order valence-electron chi connectivity index (χ0n) is 20.7. The number of hydrogen-bond donors (Lipinski definition) is 0. The predicted octanol–water partition coefficient (Wildman–Crippen LogP) is 2.60. The number of fused-ring (bicyclic) bond motifs is 2. The summed E-state index contributed by atoms with van der Waals surface area (Å²) in [6, 6.07) is 14.9. The Morgan fingerprint density at radius 1 is 0.784 bits per heavy atom. The minimum Gasteiger partial charge on any atom is -0.743 e. The summed E-state index contributed by atoms with van der Waals surface area (Å²) in [5.41, 5.74) is 1.79. The molecular formula is C26H24N5NaO3S2. The first kappa shape index (κ1) is 30.4. The van der Waals surface area contributed by atoms with E-state index in [1.807, 2.05) is 48.5 Å². The molecule has 0 N–H and O–H groups in total. The van der Waals surface area contributed by atoms with Crippen LogP contribution < -0.4 is 34.5 Å². The summed E-state index contributed by atoms with van der Waals surface area (Å²) in [5, 5.41) is -0.235. The summed E-state index contributed by atoms with van der Waals surface area (Å²) in [5.74, 6) is 0. The zero-order valence-corrected chi connectivity index (χ0v) is 24.3. The van der Waals surface area contributed by atoms with Crippen molar-refractivity contribution in [1.82, 2.24) is 19.9 Å². The number of anilines is 2. The average Bonchev–Trinajstić information content (AvgIpc) is 2.91. The van der Waals surface area contributed by atoms with Crippen LogP contribution in [0.2, 0.25) is 0 Å². The SMILES string of the molecule is CC=CC(C)=C(N1c2ccccc2Sc2ccccc21)S(=O)(=O)[O-].[Na+].c1cnccn1.c1cnccn1. The topological polar surface area (TPSA) is 112 Å². The average molecular weight is 542 g/mol. The summed E-state index contributed by atoms with van der Waals surface area (Å²) in [7, 11) is -4.68. The predicted molar refractivity (Wildman–Crippen MR) is 140 cm³/mol. The summed E-state index contributed by atoms with van der Waals surface area (Å²) in [6.07, 6.45) is 16.5. The molecule has 0 saturated carbocycles. The normalized spacial score (nSPS) is 12.4. The second-order valence-corrected chi connectivity index (χ2v) is 9.48. The van der Waals surface area contributed by atoms with Crippen LogP contribution in [0.4, 0.5) is 11.4 Å². The van der Waals surface area contributed by atoms with Crippen molar-refractivity contribution in [3.8, 4) is 0 Å². The summed E-state index contributed by atoms with van der Waals surface area (Å²) < 4.78 is 36.2. The Morgan fingerprint density at radius 3 is 1.49 bits per heavy atom. The summed E-state index contributed by atoms with van der Waals surface area (Å²) >= 11 is 1.56. The molecule has 2 aromatic carbocycles. The molecule has 0 saturated heterocycles. The molecule has 2 aromatic heterocycles. The minimum absolute atomic E-state index is 0. The Balaban J connectivity index is 0.000000302. The van der Waals surface area contributed by atoms with Gasteiger partial charge in [0.15, 0.2) is 0 Å². The van der Waals surface area contributed by atoms with Gasteiger partial charge in [0, 0.05) is 59.4 Å². The molecule has 37 heavy (non-hydrogen) atoms. The van der Waals surface area contributed by atoms with Gasteiger partial charge >= 0.3 is 29.6 Å². The van der Waals surface area contributed by atoms with Crippen LogP contribution in [-0.2, 0) is 10.1 Å². The Bertz CT molecular complexity index is 1290. The molecule has 0 atom stereocenters. The van der Waals surface area contributed by atoms with Gasteiger partial charge in [0.25, 0.3) is 0 Å². The van der Waals surface area contributed by atoms with E-state index in [0.29, 0.717) is 16.9 Å². The van der Waals surface area contributed by atoms with Crippen LogP contribution in [0.15, 0.2) is 131 Å². The van der Waals surface area contributed by atoms with Crippen molar-refractivity contribution in [3.05, 3.63) is 121 Å². The molecule has 0 unspecified atom stereocenters. The molecule has 0 spiro atoms. The molecule has 184 valence electrons. The maximum atomic E-state index is 12.1. The van der Waals surface area contributed by atoms with Crippen molar-refractivity contribution in [2.24, 2.45) is 0 Å². The van der Waals surface area contributed by atoms with Gasteiger partial charge in [-0.3, -0.25) is 24.8 Å². The Morgan fingerprint density at radius 2 is 1.16 bits per heavy atom. The maximum Gasteiger partial charge on any atom is 1.00 e. The van der Waals surface area contributed by atoms with E-state index in [1.54, 1.807) is 92.2 Å². The van der Waals surface area contributed by atoms with E-state index < -0.39 is 10.1 Å². The van der Waals surface area contributed by atoms with Crippen LogP contribution in [0.3, 0.4) is 0 Å². The van der Waals surface area contributed by atoms with E-state index in [2.05, 4.69) is 19.9 Å². The molecule has 8 nitrogen and oxygen atoms in total. The number of benzene rings is 2. The van der Waals surface area contributed by atoms with E-state index >= 15 is 0 Å². The molecule has 3 heterocycles. The number of allylic oxidation sites excluding steroid dienone is 3. The third kappa shape index (κ3) is 8.89. The van der Waals surface area contributed by atoms with Gasteiger partial charge in [0.05, 0.1) is 11.4 Å². The Kier molecular flexibility index (Phi) is 12.6. The fraction of sp³-hybridized carbons (Fsp3) is 0.0769. The van der Waals surface area contributed by atoms with Crippen molar-refractivity contribution in [1.29, 1.82) is 0 Å². The van der Waals surface area contributed by atoms with E-state index in [9.17, 15) is 13.0 Å². The third-order valence-corrected chi connectivity index (χ3v) is 6.69. The van der Waals surface area contributed by atoms with Crippen molar-refractivity contribution in [3.63, 3.8) is 0 Å². The zero-order chi connectivity index (χ0) is 25.8. The Labute approximate surface area is 243 Å². The van der Waals surface area contributed by atoms with Crippen molar-refractivity contribution in [2.45, 2.75) is 23.6 Å². The summed E-state index contributed by atoms with van der Waals surface area (Å²) in [4.78, 5) is 18.3. The third-order valence-electron chi connectivity index (χ3n) is 4.58. The largest absolute Gasteiger partial charge is 1.00 e. The molecule has 4 aromatic rings. The number of hydrogen-bond acceptors (Lipinski definition) is 9. The summed E-state index contributed by atoms with van der Waals surface area (Å²) in [6.45, 7) is 3.42. The quantitative estimate of drug-likeness (QED) is 0.219. The maximum absolute atomic E-state index is 12.1. The first-order valence-corrected chi connectivity index (χ1v) is 13.0. The van der Waals surface area contributed by atoms with E-state index in [-0.39, 0.29) is 34.6 Å². The monoisotopic (exact) mass is 541 g/mol. The molecule has 1 aliphatic heterocycles. The Hall–Kier alpha value is -2.86. The van der Waals surface area contributed by atoms with E-state index in [0.717, 1.165) is 9.79 Å². The molecule has 0 bridgehead atoms. The number of para-hydroxylation sites is 2. The van der Waals surface area contributed by atoms with Crippen LogP contribution in [0.25, 0.3) is 0 Å². The van der Waals surface area contributed by atoms with Gasteiger partial charge in [-0.05, 0) is 43.7 Å². The van der Waals surface area contributed by atoms with Gasteiger partial charge < -0.3 is 4.55 Å². The number of nitrogens with zero attached hydrogens (tertiary/aromatic N) is 5. The molecule has 0 aliphatic carbocycles. The minimum atomic E-state index is -4.68. The smallest absolute Gasteiger partial charge is 0.743 e. The number of rotatable bonds is 3. The second kappa shape index (κ2) is 15.4. The van der Waals surface area contributed by atoms with Crippen molar-refractivity contribution in [2.75, 3.05) is 4.90 Å². The van der Waals surface area contributed by atoms with Crippen LogP contribution in [0.5, 0.6) is 0 Å². The van der Waals surface area contributed by atoms with Gasteiger partial charge in [-0.15, -0.1) is 0 Å². The molecule has 5 rings (SSSR count). The van der Waals surface area contributed by atoms with E-state index in [1.165, 1.54) is 0 Å². The van der Waals surface area contributed by atoms with Gasteiger partial charge in [-0.25, -0.2) is 8.42 Å². The van der Waals surface area contributed by atoms with Gasteiger partial charge in [-0.2, -0.15) is 0 Å². The number of aromatic nitrogens is 4. The molecule has 0 fully saturated rings. The van der Waals surface area contributed by atoms with Gasteiger partial charge in [0.2, 0.25) is 0 Å². The van der Waals surface area contributed by atoms with Crippen molar-refractivity contribution < 1.29 is 42.5 Å². The standard InChI is InChI=1S/C18H17NO3S2.2C4H4N2.Na/c1-3-8-13(2)18(24(20,21)22)19-14-9-4-6-11-16(14)23-17-12-7-5-10-15(17)19;2*1-2-6-4-3-5-1;/h3-12H,1-2H3,(H,20,21,22);2*1-4H;/q;;;+1/p-1. The fourth-order valence-corrected chi connectivity index (χ4v) is 5.18.